The highest BCUT2D eigenvalue weighted by molar-refractivity contribution is 5.84. The van der Waals surface area contributed by atoms with Crippen LogP contribution in [0, 0.1) is 0 Å². The number of amides is 2. The van der Waals surface area contributed by atoms with Crippen molar-refractivity contribution in [1.82, 2.24) is 10.2 Å². The Morgan fingerprint density at radius 2 is 1.84 bits per heavy atom. The highest BCUT2D eigenvalue weighted by atomic mass is 16.5. The molecular weight excluding hydrogens is 316 g/mol. The third kappa shape index (κ3) is 4.74. The van der Waals surface area contributed by atoms with E-state index in [1.54, 1.807) is 7.11 Å². The second-order valence-corrected chi connectivity index (χ2v) is 7.15. The summed E-state index contributed by atoms with van der Waals surface area (Å²) in [6.07, 6.45) is 6.15. The van der Waals surface area contributed by atoms with E-state index in [-0.39, 0.29) is 11.8 Å². The normalized spacial score (nSPS) is 20.7. The van der Waals surface area contributed by atoms with Crippen LogP contribution in [0.3, 0.4) is 0 Å². The Hall–Kier alpha value is -2.04. The van der Waals surface area contributed by atoms with Gasteiger partial charge in [0.1, 0.15) is 5.75 Å². The number of hydrogen-bond donors (Lipinski definition) is 1. The van der Waals surface area contributed by atoms with E-state index in [0.717, 1.165) is 38.1 Å². The molecule has 1 saturated carbocycles. The number of methoxy groups -OCH3 is 1. The fourth-order valence-electron chi connectivity index (χ4n) is 3.88. The first kappa shape index (κ1) is 17.8. The quantitative estimate of drug-likeness (QED) is 0.863. The lowest BCUT2D eigenvalue weighted by molar-refractivity contribution is -0.132. The summed E-state index contributed by atoms with van der Waals surface area (Å²) in [6.45, 7) is 1.52. The van der Waals surface area contributed by atoms with Gasteiger partial charge >= 0.3 is 0 Å². The lowest BCUT2D eigenvalue weighted by atomic mass is 9.98. The second kappa shape index (κ2) is 8.37. The minimum Gasteiger partial charge on any atom is -0.497 e. The Kier molecular flexibility index (Phi) is 5.95. The van der Waals surface area contributed by atoms with Crippen molar-refractivity contribution in [3.8, 4) is 5.75 Å². The Bertz CT molecular complexity index is 593. The molecule has 0 spiro atoms. The fraction of sp³-hybridized carbons (Fsp3) is 0.600. The summed E-state index contributed by atoms with van der Waals surface area (Å²) in [6, 6.07) is 8.41. The average Bonchev–Trinajstić information content (AvgIpc) is 3.31. The predicted molar refractivity (Wildman–Crippen MR) is 96.6 cm³/mol. The first-order chi connectivity index (χ1) is 12.2. The number of ether oxygens (including phenoxy) is 1. The molecule has 1 heterocycles. The maximum absolute atomic E-state index is 12.4. The van der Waals surface area contributed by atoms with Gasteiger partial charge in [-0.3, -0.25) is 9.59 Å². The molecule has 2 fully saturated rings. The Morgan fingerprint density at radius 1 is 1.12 bits per heavy atom. The standard InChI is InChI=1S/C20H28N2O3/c1-25-18-8-6-15(7-9-18)16-12-13-22(14-16)20(24)11-10-19(23)21-17-4-2-3-5-17/h6-9,16-17H,2-5,10-14H2,1H3,(H,21,23). The molecule has 136 valence electrons. The van der Waals surface area contributed by atoms with Crippen LogP contribution in [0.1, 0.15) is 56.4 Å². The summed E-state index contributed by atoms with van der Waals surface area (Å²) >= 11 is 0. The number of hydrogen-bond acceptors (Lipinski definition) is 3. The third-order valence-electron chi connectivity index (χ3n) is 5.41. The number of likely N-dealkylation sites (tertiary alicyclic amines) is 1. The first-order valence-electron chi connectivity index (χ1n) is 9.37. The Labute approximate surface area is 149 Å². The van der Waals surface area contributed by atoms with Gasteiger partial charge in [0.15, 0.2) is 0 Å². The molecule has 1 aromatic rings. The van der Waals surface area contributed by atoms with Crippen LogP contribution in [0.15, 0.2) is 24.3 Å². The van der Waals surface area contributed by atoms with Crippen molar-refractivity contribution in [1.29, 1.82) is 0 Å². The number of nitrogens with one attached hydrogen (secondary N) is 1. The summed E-state index contributed by atoms with van der Waals surface area (Å²) in [5, 5.41) is 3.05. The van der Waals surface area contributed by atoms with E-state index in [1.807, 2.05) is 17.0 Å². The van der Waals surface area contributed by atoms with Crippen molar-refractivity contribution in [2.24, 2.45) is 0 Å². The zero-order valence-corrected chi connectivity index (χ0v) is 15.0. The smallest absolute Gasteiger partial charge is 0.223 e. The highest BCUT2D eigenvalue weighted by Crippen LogP contribution is 2.29. The molecule has 2 amide bonds. The van der Waals surface area contributed by atoms with E-state index in [9.17, 15) is 9.59 Å². The van der Waals surface area contributed by atoms with Gasteiger partial charge in [0, 0.05) is 37.9 Å². The van der Waals surface area contributed by atoms with Crippen molar-refractivity contribution in [2.75, 3.05) is 20.2 Å². The number of rotatable bonds is 6. The van der Waals surface area contributed by atoms with Crippen molar-refractivity contribution in [2.45, 2.75) is 56.9 Å². The summed E-state index contributed by atoms with van der Waals surface area (Å²) in [5.41, 5.74) is 1.25. The molecule has 1 N–H and O–H groups in total. The van der Waals surface area contributed by atoms with Crippen molar-refractivity contribution >= 4 is 11.8 Å². The summed E-state index contributed by atoms with van der Waals surface area (Å²) in [7, 11) is 1.66. The van der Waals surface area contributed by atoms with Crippen molar-refractivity contribution in [3.05, 3.63) is 29.8 Å². The van der Waals surface area contributed by atoms with Gasteiger partial charge < -0.3 is 15.0 Å². The van der Waals surface area contributed by atoms with Gasteiger partial charge in [-0.2, -0.15) is 0 Å². The summed E-state index contributed by atoms with van der Waals surface area (Å²) in [4.78, 5) is 26.3. The molecule has 0 radical (unpaired) electrons. The maximum atomic E-state index is 12.4. The van der Waals surface area contributed by atoms with Gasteiger partial charge in [-0.05, 0) is 37.0 Å². The monoisotopic (exact) mass is 344 g/mol. The van der Waals surface area contributed by atoms with Crippen LogP contribution in [0.4, 0.5) is 0 Å². The molecule has 5 nitrogen and oxygen atoms in total. The Morgan fingerprint density at radius 3 is 2.52 bits per heavy atom. The number of carbonyl (C=O) groups is 2. The molecular formula is C20H28N2O3. The SMILES string of the molecule is COc1ccc(C2CCN(C(=O)CCC(=O)NC3CCCC3)C2)cc1. The van der Waals surface area contributed by atoms with Gasteiger partial charge in [0.2, 0.25) is 11.8 Å². The van der Waals surface area contributed by atoms with Gasteiger partial charge in [0.05, 0.1) is 7.11 Å². The summed E-state index contributed by atoms with van der Waals surface area (Å²) in [5.74, 6) is 1.34. The van der Waals surface area contributed by atoms with E-state index in [2.05, 4.69) is 17.4 Å². The Balaban J connectivity index is 1.43. The van der Waals surface area contributed by atoms with Crippen LogP contribution in [0.5, 0.6) is 5.75 Å². The van der Waals surface area contributed by atoms with Crippen molar-refractivity contribution < 1.29 is 14.3 Å². The van der Waals surface area contributed by atoms with Crippen LogP contribution < -0.4 is 10.1 Å². The number of nitrogens with zero attached hydrogens (tertiary/aromatic N) is 1. The lowest BCUT2D eigenvalue weighted by Gasteiger charge is -2.17. The molecule has 5 heteroatoms. The average molecular weight is 344 g/mol. The second-order valence-electron chi connectivity index (χ2n) is 7.15. The van der Waals surface area contributed by atoms with E-state index in [1.165, 1.54) is 18.4 Å². The van der Waals surface area contributed by atoms with E-state index >= 15 is 0 Å². The largest absolute Gasteiger partial charge is 0.497 e. The van der Waals surface area contributed by atoms with Gasteiger partial charge in [0.25, 0.3) is 0 Å². The van der Waals surface area contributed by atoms with Gasteiger partial charge in [-0.15, -0.1) is 0 Å². The molecule has 2 aliphatic rings. The van der Waals surface area contributed by atoms with Gasteiger partial charge in [-0.25, -0.2) is 0 Å². The van der Waals surface area contributed by atoms with Crippen LogP contribution in [0.25, 0.3) is 0 Å². The molecule has 1 aliphatic heterocycles. The van der Waals surface area contributed by atoms with Gasteiger partial charge in [-0.1, -0.05) is 25.0 Å². The zero-order valence-electron chi connectivity index (χ0n) is 15.0. The molecule has 25 heavy (non-hydrogen) atoms. The molecule has 1 aliphatic carbocycles. The molecule has 0 aromatic heterocycles. The molecule has 1 aromatic carbocycles. The molecule has 1 saturated heterocycles. The third-order valence-corrected chi connectivity index (χ3v) is 5.41. The minimum atomic E-state index is 0.0196. The van der Waals surface area contributed by atoms with Crippen molar-refractivity contribution in [3.63, 3.8) is 0 Å². The first-order valence-corrected chi connectivity index (χ1v) is 9.37. The zero-order chi connectivity index (χ0) is 17.6. The highest BCUT2D eigenvalue weighted by Gasteiger charge is 2.27. The lowest BCUT2D eigenvalue weighted by Crippen LogP contribution is -2.34. The van der Waals surface area contributed by atoms with Crippen LogP contribution in [-0.2, 0) is 9.59 Å². The van der Waals surface area contributed by atoms with Crippen LogP contribution in [0.2, 0.25) is 0 Å². The van der Waals surface area contributed by atoms with Crippen LogP contribution >= 0.6 is 0 Å². The number of carbonyl (C=O) groups excluding carboxylic acids is 2. The molecule has 1 unspecified atom stereocenters. The predicted octanol–water partition coefficient (Wildman–Crippen LogP) is 2.85. The van der Waals surface area contributed by atoms with E-state index < -0.39 is 0 Å². The number of benzene rings is 1. The topological polar surface area (TPSA) is 58.6 Å². The molecule has 3 rings (SSSR count). The molecule has 1 atom stereocenters. The van der Waals surface area contributed by atoms with E-state index in [0.29, 0.717) is 24.8 Å². The minimum absolute atomic E-state index is 0.0196. The fourth-order valence-corrected chi connectivity index (χ4v) is 3.88. The van der Waals surface area contributed by atoms with Crippen LogP contribution in [-0.4, -0.2) is 43.0 Å². The summed E-state index contributed by atoms with van der Waals surface area (Å²) < 4.78 is 5.19. The van der Waals surface area contributed by atoms with E-state index in [4.69, 9.17) is 4.74 Å². The maximum Gasteiger partial charge on any atom is 0.223 e. The molecule has 0 bridgehead atoms.